The van der Waals surface area contributed by atoms with Crippen LogP contribution in [0.2, 0.25) is 0 Å². The number of carbonyl (C=O) groups excluding carboxylic acids is 2. The highest BCUT2D eigenvalue weighted by Gasteiger charge is 2.44. The van der Waals surface area contributed by atoms with Crippen molar-refractivity contribution < 1.29 is 33.3 Å². The van der Waals surface area contributed by atoms with Crippen LogP contribution in [0.15, 0.2) is 88.5 Å². The van der Waals surface area contributed by atoms with Crippen molar-refractivity contribution in [2.75, 3.05) is 20.8 Å². The number of methoxy groups -OCH3 is 2. The average Bonchev–Trinajstić information content (AvgIpc) is 3.49. The maximum atomic E-state index is 13.9. The molecule has 2 heterocycles. The highest BCUT2D eigenvalue weighted by atomic mass is 16.5. The number of amides is 1. The first-order chi connectivity index (χ1) is 18.5. The summed E-state index contributed by atoms with van der Waals surface area (Å²) >= 11 is 0. The number of Topliss-reactive ketones (excluding diaryl/α,β-unsaturated/α-hetero) is 1. The smallest absolute Gasteiger partial charge is 0.290 e. The number of furan rings is 1. The van der Waals surface area contributed by atoms with E-state index < -0.39 is 23.5 Å². The molecule has 1 aliphatic heterocycles. The normalized spacial score (nSPS) is 15.3. The maximum absolute atomic E-state index is 13.9. The number of carbonyl (C=O) groups is 2. The molecule has 0 radical (unpaired) electrons. The summed E-state index contributed by atoms with van der Waals surface area (Å²) in [6.07, 6.45) is 0. The topological polar surface area (TPSA) is 98.4 Å². The lowest BCUT2D eigenvalue weighted by Gasteiger charge is -2.27. The summed E-state index contributed by atoms with van der Waals surface area (Å²) in [5.41, 5.74) is 1.71. The third-order valence-corrected chi connectivity index (χ3v) is 6.54. The predicted molar refractivity (Wildman–Crippen MR) is 141 cm³/mol. The number of rotatable bonds is 9. The van der Waals surface area contributed by atoms with Gasteiger partial charge in [-0.1, -0.05) is 42.5 Å². The standard InChI is InChI=1S/C30H27NO7/c1-4-37-21-14-12-18(13-15-21)26-25(27(32)24-16-19-9-7-11-23(36-3)29(19)38-24)28(33)30(34)31(26)17-20-8-5-6-10-22(20)35-2/h5-16,26,33H,4,17H2,1-3H3. The Bertz CT molecular complexity index is 1530. The molecule has 0 spiro atoms. The van der Waals surface area contributed by atoms with Crippen molar-refractivity contribution >= 4 is 22.7 Å². The van der Waals surface area contributed by atoms with Gasteiger partial charge in [0.25, 0.3) is 5.91 Å². The van der Waals surface area contributed by atoms with E-state index in [1.165, 1.54) is 12.0 Å². The van der Waals surface area contributed by atoms with Gasteiger partial charge in [0.2, 0.25) is 5.78 Å². The molecule has 0 bridgehead atoms. The van der Waals surface area contributed by atoms with Gasteiger partial charge >= 0.3 is 0 Å². The van der Waals surface area contributed by atoms with Crippen LogP contribution in [0.1, 0.15) is 34.6 Å². The third-order valence-electron chi connectivity index (χ3n) is 6.54. The zero-order valence-electron chi connectivity index (χ0n) is 21.3. The van der Waals surface area contributed by atoms with E-state index >= 15 is 0 Å². The fourth-order valence-corrected chi connectivity index (χ4v) is 4.77. The second-order valence-electron chi connectivity index (χ2n) is 8.73. The molecular formula is C30H27NO7. The van der Waals surface area contributed by atoms with Crippen LogP contribution < -0.4 is 14.2 Å². The molecule has 1 N–H and O–H groups in total. The van der Waals surface area contributed by atoms with Crippen LogP contribution in [-0.2, 0) is 11.3 Å². The number of hydrogen-bond acceptors (Lipinski definition) is 7. The number of fused-ring (bicyclic) bond motifs is 1. The minimum Gasteiger partial charge on any atom is -0.503 e. The van der Waals surface area contributed by atoms with Crippen molar-refractivity contribution in [1.29, 1.82) is 0 Å². The first-order valence-electron chi connectivity index (χ1n) is 12.2. The third kappa shape index (κ3) is 4.34. The van der Waals surface area contributed by atoms with E-state index in [-0.39, 0.29) is 17.9 Å². The van der Waals surface area contributed by atoms with Gasteiger partial charge < -0.3 is 28.6 Å². The van der Waals surface area contributed by atoms with Crippen LogP contribution in [0.3, 0.4) is 0 Å². The fourth-order valence-electron chi connectivity index (χ4n) is 4.77. The van der Waals surface area contributed by atoms with Crippen LogP contribution in [0.5, 0.6) is 17.2 Å². The molecule has 1 unspecified atom stereocenters. The Balaban J connectivity index is 1.60. The SMILES string of the molecule is CCOc1ccc(C2C(C(=O)c3cc4cccc(OC)c4o3)=C(O)C(=O)N2Cc2ccccc2OC)cc1. The number of ether oxygens (including phenoxy) is 3. The molecule has 1 aromatic heterocycles. The van der Waals surface area contributed by atoms with E-state index in [2.05, 4.69) is 0 Å². The number of para-hydroxylation sites is 2. The summed E-state index contributed by atoms with van der Waals surface area (Å²) in [7, 11) is 3.07. The Morgan fingerprint density at radius 1 is 0.974 bits per heavy atom. The molecule has 3 aromatic carbocycles. The van der Waals surface area contributed by atoms with Gasteiger partial charge in [0.15, 0.2) is 22.9 Å². The number of ketones is 1. The Kier molecular flexibility index (Phi) is 6.79. The summed E-state index contributed by atoms with van der Waals surface area (Å²) in [6.45, 7) is 2.50. The van der Waals surface area contributed by atoms with Gasteiger partial charge in [0.1, 0.15) is 11.5 Å². The first kappa shape index (κ1) is 25.0. The minimum atomic E-state index is -0.870. The van der Waals surface area contributed by atoms with Crippen LogP contribution in [0.25, 0.3) is 11.0 Å². The molecule has 38 heavy (non-hydrogen) atoms. The molecule has 0 aliphatic carbocycles. The van der Waals surface area contributed by atoms with E-state index in [1.807, 2.05) is 25.1 Å². The highest BCUT2D eigenvalue weighted by Crippen LogP contribution is 2.42. The summed E-state index contributed by atoms with van der Waals surface area (Å²) in [4.78, 5) is 28.8. The lowest BCUT2D eigenvalue weighted by atomic mass is 9.94. The molecule has 1 aliphatic rings. The zero-order chi connectivity index (χ0) is 26.8. The van der Waals surface area contributed by atoms with Crippen LogP contribution in [0, 0.1) is 0 Å². The molecule has 8 nitrogen and oxygen atoms in total. The van der Waals surface area contributed by atoms with Gasteiger partial charge in [0, 0.05) is 10.9 Å². The Morgan fingerprint density at radius 2 is 1.68 bits per heavy atom. The largest absolute Gasteiger partial charge is 0.503 e. The number of benzene rings is 3. The van der Waals surface area contributed by atoms with E-state index in [0.717, 1.165) is 5.56 Å². The van der Waals surface area contributed by atoms with Crippen molar-refractivity contribution in [3.63, 3.8) is 0 Å². The summed E-state index contributed by atoms with van der Waals surface area (Å²) in [6, 6.07) is 20.4. The van der Waals surface area contributed by atoms with Crippen molar-refractivity contribution in [2.45, 2.75) is 19.5 Å². The van der Waals surface area contributed by atoms with Gasteiger partial charge in [-0.3, -0.25) is 9.59 Å². The van der Waals surface area contributed by atoms with Gasteiger partial charge in [-0.15, -0.1) is 0 Å². The van der Waals surface area contributed by atoms with Crippen molar-refractivity contribution in [3.05, 3.63) is 101 Å². The second-order valence-corrected chi connectivity index (χ2v) is 8.73. The first-order valence-corrected chi connectivity index (χ1v) is 12.2. The van der Waals surface area contributed by atoms with Crippen molar-refractivity contribution in [2.24, 2.45) is 0 Å². The number of nitrogens with zero attached hydrogens (tertiary/aromatic N) is 1. The fraction of sp³-hybridized carbons (Fsp3) is 0.200. The highest BCUT2D eigenvalue weighted by molar-refractivity contribution is 6.16. The quantitative estimate of drug-likeness (QED) is 0.290. The number of aliphatic hydroxyl groups is 1. The van der Waals surface area contributed by atoms with Gasteiger partial charge in [-0.25, -0.2) is 0 Å². The molecule has 5 rings (SSSR count). The molecule has 0 saturated heterocycles. The molecule has 0 fully saturated rings. The minimum absolute atomic E-state index is 0.00562. The van der Waals surface area contributed by atoms with Gasteiger partial charge in [0.05, 0.1) is 39.0 Å². The Labute approximate surface area is 219 Å². The average molecular weight is 514 g/mol. The molecule has 4 aromatic rings. The van der Waals surface area contributed by atoms with Crippen LogP contribution in [0.4, 0.5) is 0 Å². The number of hydrogen-bond donors (Lipinski definition) is 1. The van der Waals surface area contributed by atoms with Crippen molar-refractivity contribution in [1.82, 2.24) is 4.90 Å². The molecule has 0 saturated carbocycles. The molecule has 1 atom stereocenters. The predicted octanol–water partition coefficient (Wildman–Crippen LogP) is 5.63. The Hall–Kier alpha value is -4.72. The molecule has 194 valence electrons. The summed E-state index contributed by atoms with van der Waals surface area (Å²) < 4.78 is 22.3. The zero-order valence-corrected chi connectivity index (χ0v) is 21.3. The summed E-state index contributed by atoms with van der Waals surface area (Å²) in [5, 5.41) is 11.7. The van der Waals surface area contributed by atoms with Crippen LogP contribution >= 0.6 is 0 Å². The second kappa shape index (κ2) is 10.3. The van der Waals surface area contributed by atoms with E-state index in [0.29, 0.717) is 40.4 Å². The van der Waals surface area contributed by atoms with E-state index in [1.54, 1.807) is 61.7 Å². The monoisotopic (exact) mass is 513 g/mol. The van der Waals surface area contributed by atoms with E-state index in [4.69, 9.17) is 18.6 Å². The van der Waals surface area contributed by atoms with Gasteiger partial charge in [-0.05, 0) is 42.8 Å². The summed E-state index contributed by atoms with van der Waals surface area (Å²) in [5.74, 6) is -0.146. The van der Waals surface area contributed by atoms with E-state index in [9.17, 15) is 14.7 Å². The molecule has 8 heteroatoms. The Morgan fingerprint density at radius 3 is 2.39 bits per heavy atom. The molecular weight excluding hydrogens is 486 g/mol. The number of aliphatic hydroxyl groups excluding tert-OH is 1. The lowest BCUT2D eigenvalue weighted by Crippen LogP contribution is -2.30. The maximum Gasteiger partial charge on any atom is 0.290 e. The van der Waals surface area contributed by atoms with Crippen LogP contribution in [-0.4, -0.2) is 42.5 Å². The van der Waals surface area contributed by atoms with Gasteiger partial charge in [-0.2, -0.15) is 0 Å². The van der Waals surface area contributed by atoms with Crippen molar-refractivity contribution in [3.8, 4) is 17.2 Å². The molecule has 1 amide bonds. The lowest BCUT2D eigenvalue weighted by molar-refractivity contribution is -0.130.